The molecule has 1 N–H and O–H groups in total. The zero-order valence-corrected chi connectivity index (χ0v) is 12.0. The summed E-state index contributed by atoms with van der Waals surface area (Å²) in [7, 11) is 0. The van der Waals surface area contributed by atoms with Gasteiger partial charge < -0.3 is 10.0 Å². The van der Waals surface area contributed by atoms with Crippen LogP contribution in [0.25, 0.3) is 0 Å². The highest BCUT2D eigenvalue weighted by atomic mass is 16.3. The highest BCUT2D eigenvalue weighted by Crippen LogP contribution is 2.37. The van der Waals surface area contributed by atoms with Crippen LogP contribution < -0.4 is 4.90 Å². The molecule has 1 heterocycles. The first-order valence-electron chi connectivity index (χ1n) is 6.92. The van der Waals surface area contributed by atoms with Gasteiger partial charge in [0.05, 0.1) is 0 Å². The minimum Gasteiger partial charge on any atom is -0.396 e. The summed E-state index contributed by atoms with van der Waals surface area (Å²) in [6.45, 7) is 10.2. The summed E-state index contributed by atoms with van der Waals surface area (Å²) in [6.07, 6.45) is 2.30. The number of hydrogen-bond donors (Lipinski definition) is 1. The van der Waals surface area contributed by atoms with Crippen LogP contribution in [0.1, 0.15) is 37.8 Å². The smallest absolute Gasteiger partial charge is 0.0481 e. The van der Waals surface area contributed by atoms with Gasteiger partial charge >= 0.3 is 0 Å². The molecule has 0 aliphatic carbocycles. The maximum absolute atomic E-state index is 9.57. The number of aryl methyl sites for hydroxylation is 2. The van der Waals surface area contributed by atoms with Crippen molar-refractivity contribution in [2.75, 3.05) is 18.1 Å². The molecule has 1 aliphatic rings. The number of hydrogen-bond acceptors (Lipinski definition) is 2. The van der Waals surface area contributed by atoms with Crippen LogP contribution in [-0.4, -0.2) is 23.8 Å². The summed E-state index contributed by atoms with van der Waals surface area (Å²) < 4.78 is 0. The van der Waals surface area contributed by atoms with Gasteiger partial charge in [0.25, 0.3) is 0 Å². The topological polar surface area (TPSA) is 23.5 Å². The average molecular weight is 247 g/mol. The zero-order chi connectivity index (χ0) is 13.3. The van der Waals surface area contributed by atoms with E-state index < -0.39 is 0 Å². The fourth-order valence-corrected chi connectivity index (χ4v) is 3.24. The molecule has 0 spiro atoms. The number of nitrogens with zero attached hydrogens (tertiary/aromatic N) is 1. The molecule has 0 aromatic heterocycles. The number of aliphatic hydroxyl groups excluding tert-OH is 1. The Kier molecular flexibility index (Phi) is 3.67. The van der Waals surface area contributed by atoms with Gasteiger partial charge in [-0.15, -0.1) is 0 Å². The van der Waals surface area contributed by atoms with Crippen LogP contribution >= 0.6 is 0 Å². The average Bonchev–Trinajstić information content (AvgIpc) is 2.26. The van der Waals surface area contributed by atoms with Crippen LogP contribution in [0.2, 0.25) is 0 Å². The maximum atomic E-state index is 9.57. The zero-order valence-electron chi connectivity index (χ0n) is 12.0. The lowest BCUT2D eigenvalue weighted by Crippen LogP contribution is -2.54. The Balaban J connectivity index is 2.36. The Morgan fingerprint density at radius 2 is 1.83 bits per heavy atom. The summed E-state index contributed by atoms with van der Waals surface area (Å²) in [5.41, 5.74) is 3.96. The molecule has 1 saturated heterocycles. The van der Waals surface area contributed by atoms with Crippen molar-refractivity contribution in [1.29, 1.82) is 0 Å². The van der Waals surface area contributed by atoms with Crippen molar-refractivity contribution in [3.8, 4) is 0 Å². The molecule has 2 rings (SSSR count). The molecular formula is C16H25NO. The second kappa shape index (κ2) is 4.93. The molecule has 0 saturated carbocycles. The van der Waals surface area contributed by atoms with Crippen molar-refractivity contribution < 1.29 is 5.11 Å². The minimum absolute atomic E-state index is 0.0350. The molecule has 0 bridgehead atoms. The van der Waals surface area contributed by atoms with Gasteiger partial charge in [-0.2, -0.15) is 0 Å². The van der Waals surface area contributed by atoms with Crippen molar-refractivity contribution in [1.82, 2.24) is 0 Å². The van der Waals surface area contributed by atoms with E-state index in [-0.39, 0.29) is 12.1 Å². The van der Waals surface area contributed by atoms with Crippen molar-refractivity contribution in [2.24, 2.45) is 5.92 Å². The Morgan fingerprint density at radius 3 is 2.39 bits per heavy atom. The first-order valence-corrected chi connectivity index (χ1v) is 6.92. The SMILES string of the molecule is Cc1cc(C)cc(N2CCCC(CO)C2(C)C)c1. The molecule has 1 fully saturated rings. The second-order valence-corrected chi connectivity index (χ2v) is 6.17. The Labute approximate surface area is 111 Å². The van der Waals surface area contributed by atoms with Crippen molar-refractivity contribution >= 4 is 5.69 Å². The monoisotopic (exact) mass is 247 g/mol. The molecule has 0 amide bonds. The number of piperidine rings is 1. The van der Waals surface area contributed by atoms with Gasteiger partial charge in [-0.05, 0) is 63.8 Å². The molecule has 2 heteroatoms. The lowest BCUT2D eigenvalue weighted by atomic mass is 9.79. The largest absolute Gasteiger partial charge is 0.396 e. The van der Waals surface area contributed by atoms with Gasteiger partial charge in [0, 0.05) is 30.3 Å². The third kappa shape index (κ3) is 2.39. The summed E-state index contributed by atoms with van der Waals surface area (Å²) in [5.74, 6) is 0.368. The van der Waals surface area contributed by atoms with Gasteiger partial charge in [-0.1, -0.05) is 6.07 Å². The number of rotatable bonds is 2. The predicted molar refractivity (Wildman–Crippen MR) is 77.2 cm³/mol. The maximum Gasteiger partial charge on any atom is 0.0481 e. The summed E-state index contributed by atoms with van der Waals surface area (Å²) in [4.78, 5) is 2.47. The molecule has 1 aromatic carbocycles. The Morgan fingerprint density at radius 1 is 1.22 bits per heavy atom. The van der Waals surface area contributed by atoms with E-state index in [1.807, 2.05) is 0 Å². The first kappa shape index (κ1) is 13.4. The van der Waals surface area contributed by atoms with E-state index in [0.717, 1.165) is 13.0 Å². The second-order valence-electron chi connectivity index (χ2n) is 6.17. The third-order valence-electron chi connectivity index (χ3n) is 4.37. The molecule has 1 atom stereocenters. The predicted octanol–water partition coefficient (Wildman–Crippen LogP) is 3.29. The fourth-order valence-electron chi connectivity index (χ4n) is 3.24. The Bertz CT molecular complexity index is 405. The molecule has 1 aliphatic heterocycles. The lowest BCUT2D eigenvalue weighted by molar-refractivity contribution is 0.136. The van der Waals surface area contributed by atoms with Crippen molar-refractivity contribution in [3.05, 3.63) is 29.3 Å². The van der Waals surface area contributed by atoms with E-state index in [2.05, 4.69) is 50.8 Å². The van der Waals surface area contributed by atoms with Crippen LogP contribution in [0.15, 0.2) is 18.2 Å². The highest BCUT2D eigenvalue weighted by Gasteiger charge is 2.38. The van der Waals surface area contributed by atoms with Crippen LogP contribution in [0.4, 0.5) is 5.69 Å². The summed E-state index contributed by atoms with van der Waals surface area (Å²) in [6, 6.07) is 6.73. The highest BCUT2D eigenvalue weighted by molar-refractivity contribution is 5.53. The normalized spacial score (nSPS) is 23.2. The number of benzene rings is 1. The van der Waals surface area contributed by atoms with Crippen LogP contribution in [-0.2, 0) is 0 Å². The number of anilines is 1. The van der Waals surface area contributed by atoms with E-state index in [1.165, 1.54) is 23.2 Å². The van der Waals surface area contributed by atoms with E-state index in [0.29, 0.717) is 5.92 Å². The fraction of sp³-hybridized carbons (Fsp3) is 0.625. The standard InChI is InChI=1S/C16H25NO/c1-12-8-13(2)10-15(9-12)17-7-5-6-14(11-18)16(17,3)4/h8-10,14,18H,5-7,11H2,1-4H3. The van der Waals surface area contributed by atoms with E-state index in [1.54, 1.807) is 0 Å². The lowest BCUT2D eigenvalue weighted by Gasteiger charge is -2.49. The van der Waals surface area contributed by atoms with Gasteiger partial charge in [0.1, 0.15) is 0 Å². The molecule has 2 nitrogen and oxygen atoms in total. The van der Waals surface area contributed by atoms with Crippen LogP contribution in [0.3, 0.4) is 0 Å². The summed E-state index contributed by atoms with van der Waals surface area (Å²) >= 11 is 0. The number of aliphatic hydroxyl groups is 1. The molecule has 1 unspecified atom stereocenters. The van der Waals surface area contributed by atoms with E-state index in [4.69, 9.17) is 0 Å². The molecular weight excluding hydrogens is 222 g/mol. The molecule has 0 radical (unpaired) electrons. The van der Waals surface area contributed by atoms with Gasteiger partial charge in [-0.3, -0.25) is 0 Å². The minimum atomic E-state index is 0.0350. The molecule has 18 heavy (non-hydrogen) atoms. The van der Waals surface area contributed by atoms with Gasteiger partial charge in [0.2, 0.25) is 0 Å². The quantitative estimate of drug-likeness (QED) is 0.867. The summed E-state index contributed by atoms with van der Waals surface area (Å²) in [5, 5.41) is 9.57. The van der Waals surface area contributed by atoms with Crippen LogP contribution in [0, 0.1) is 19.8 Å². The first-order chi connectivity index (χ1) is 8.45. The third-order valence-corrected chi connectivity index (χ3v) is 4.37. The van der Waals surface area contributed by atoms with Crippen molar-refractivity contribution in [2.45, 2.75) is 46.1 Å². The van der Waals surface area contributed by atoms with Gasteiger partial charge in [0.15, 0.2) is 0 Å². The van der Waals surface area contributed by atoms with E-state index >= 15 is 0 Å². The van der Waals surface area contributed by atoms with Crippen LogP contribution in [0.5, 0.6) is 0 Å². The molecule has 100 valence electrons. The van der Waals surface area contributed by atoms with Gasteiger partial charge in [-0.25, -0.2) is 0 Å². The van der Waals surface area contributed by atoms with E-state index in [9.17, 15) is 5.11 Å². The Hall–Kier alpha value is -1.02. The molecule has 1 aromatic rings. The van der Waals surface area contributed by atoms with Crippen molar-refractivity contribution in [3.63, 3.8) is 0 Å².